The van der Waals surface area contributed by atoms with E-state index < -0.39 is 5.60 Å². The molecule has 1 aromatic rings. The predicted octanol–water partition coefficient (Wildman–Crippen LogP) is 3.28. The highest BCUT2D eigenvalue weighted by Crippen LogP contribution is 2.22. The van der Waals surface area contributed by atoms with Crippen molar-refractivity contribution in [3.63, 3.8) is 0 Å². The Morgan fingerprint density at radius 2 is 1.89 bits per heavy atom. The minimum absolute atomic E-state index is 0.354. The Labute approximate surface area is 117 Å². The fourth-order valence-corrected chi connectivity index (χ4v) is 2.19. The van der Waals surface area contributed by atoms with Crippen molar-refractivity contribution in [1.82, 2.24) is 0 Å². The molecule has 0 radical (unpaired) electrons. The second-order valence-corrected chi connectivity index (χ2v) is 6.14. The van der Waals surface area contributed by atoms with Gasteiger partial charge in [-0.1, -0.05) is 0 Å². The molecule has 0 aromatic carbocycles. The number of ether oxygens (including phenoxy) is 2. The van der Waals surface area contributed by atoms with E-state index in [1.807, 2.05) is 20.8 Å². The van der Waals surface area contributed by atoms with Gasteiger partial charge in [-0.25, -0.2) is 9.59 Å². The van der Waals surface area contributed by atoms with Crippen LogP contribution >= 0.6 is 11.3 Å². The molecule has 0 fully saturated rings. The van der Waals surface area contributed by atoms with Crippen molar-refractivity contribution in [3.8, 4) is 0 Å². The van der Waals surface area contributed by atoms with Crippen molar-refractivity contribution in [2.75, 3.05) is 7.11 Å². The fraction of sp³-hybridized carbons (Fsp3) is 0.429. The molecule has 0 saturated carbocycles. The molecule has 0 amide bonds. The molecule has 4 nitrogen and oxygen atoms in total. The third-order valence-corrected chi connectivity index (χ3v) is 3.11. The number of carbonyl (C=O) groups excluding carboxylic acids is 2. The van der Waals surface area contributed by atoms with Crippen molar-refractivity contribution in [2.24, 2.45) is 0 Å². The highest BCUT2D eigenvalue weighted by molar-refractivity contribution is 7.14. The van der Waals surface area contributed by atoms with E-state index in [2.05, 4.69) is 4.74 Å². The first kappa shape index (κ1) is 15.4. The first-order valence-corrected chi connectivity index (χ1v) is 6.64. The summed E-state index contributed by atoms with van der Waals surface area (Å²) in [6.07, 6.45) is 1.68. The lowest BCUT2D eigenvalue weighted by Crippen LogP contribution is -2.23. The van der Waals surface area contributed by atoms with E-state index in [0.29, 0.717) is 10.5 Å². The van der Waals surface area contributed by atoms with E-state index in [4.69, 9.17) is 4.74 Å². The van der Waals surface area contributed by atoms with Gasteiger partial charge in [-0.2, -0.15) is 0 Å². The first-order valence-electron chi connectivity index (χ1n) is 5.83. The topological polar surface area (TPSA) is 52.6 Å². The molecule has 1 rings (SSSR count). The molecule has 0 bridgehead atoms. The van der Waals surface area contributed by atoms with Crippen molar-refractivity contribution in [3.05, 3.63) is 27.5 Å². The molecule has 0 aliphatic heterocycles. The average Bonchev–Trinajstić information content (AvgIpc) is 2.74. The van der Waals surface area contributed by atoms with Crippen LogP contribution < -0.4 is 0 Å². The minimum atomic E-state index is -0.515. The molecule has 104 valence electrons. The van der Waals surface area contributed by atoms with Gasteiger partial charge in [-0.05, 0) is 45.9 Å². The second-order valence-electron chi connectivity index (χ2n) is 5.02. The largest absolute Gasteiger partial charge is 0.466 e. The molecule has 5 heteroatoms. The maximum absolute atomic E-state index is 11.8. The average molecular weight is 282 g/mol. The third-order valence-electron chi connectivity index (χ3n) is 2.09. The van der Waals surface area contributed by atoms with Crippen LogP contribution in [0.25, 0.3) is 6.08 Å². The third kappa shape index (κ3) is 4.87. The quantitative estimate of drug-likeness (QED) is 0.630. The number of carbonyl (C=O) groups is 2. The predicted molar refractivity (Wildman–Crippen MR) is 75.2 cm³/mol. The van der Waals surface area contributed by atoms with Crippen LogP contribution in [0.5, 0.6) is 0 Å². The number of methoxy groups -OCH3 is 1. The molecule has 0 aliphatic rings. The van der Waals surface area contributed by atoms with Gasteiger partial charge in [0.1, 0.15) is 10.5 Å². The van der Waals surface area contributed by atoms with E-state index in [-0.39, 0.29) is 11.9 Å². The zero-order valence-electron chi connectivity index (χ0n) is 11.8. The highest BCUT2D eigenvalue weighted by Gasteiger charge is 2.19. The monoisotopic (exact) mass is 282 g/mol. The first-order chi connectivity index (χ1) is 8.73. The normalized spacial score (nSPS) is 12.2. The van der Waals surface area contributed by atoms with Crippen molar-refractivity contribution in [2.45, 2.75) is 33.3 Å². The Balaban J connectivity index is 2.83. The van der Waals surface area contributed by atoms with Gasteiger partial charge in [0.25, 0.3) is 0 Å². The van der Waals surface area contributed by atoms with Crippen LogP contribution in [-0.2, 0) is 14.3 Å². The standard InChI is InChI=1S/C14H18O4S/c1-9(12(15)17-5)8-10-6-7-11(19-10)13(16)18-14(2,3)4/h6-8H,1-5H3. The number of hydrogen-bond acceptors (Lipinski definition) is 5. The van der Waals surface area contributed by atoms with Crippen LogP contribution in [0.15, 0.2) is 17.7 Å². The SMILES string of the molecule is COC(=O)C(C)=Cc1ccc(C(=O)OC(C)(C)C)s1. The molecule has 0 aliphatic carbocycles. The summed E-state index contributed by atoms with van der Waals surface area (Å²) in [6.45, 7) is 7.13. The van der Waals surface area contributed by atoms with Crippen LogP contribution in [-0.4, -0.2) is 24.6 Å². The Bertz CT molecular complexity index is 506. The second kappa shape index (κ2) is 6.02. The summed E-state index contributed by atoms with van der Waals surface area (Å²) in [4.78, 5) is 24.4. The number of hydrogen-bond donors (Lipinski definition) is 0. The summed E-state index contributed by atoms with van der Waals surface area (Å²) in [5.41, 5.74) is -0.0287. The van der Waals surface area contributed by atoms with Gasteiger partial charge < -0.3 is 9.47 Å². The molecule has 0 N–H and O–H groups in total. The number of thiophene rings is 1. The summed E-state index contributed by atoms with van der Waals surface area (Å²) in [5.74, 6) is -0.736. The minimum Gasteiger partial charge on any atom is -0.466 e. The Kier molecular flexibility index (Phi) is 4.89. The number of esters is 2. The van der Waals surface area contributed by atoms with Gasteiger partial charge in [0.2, 0.25) is 0 Å². The van der Waals surface area contributed by atoms with E-state index in [9.17, 15) is 9.59 Å². The fourth-order valence-electron chi connectivity index (χ4n) is 1.30. The lowest BCUT2D eigenvalue weighted by molar-refractivity contribution is -0.135. The van der Waals surface area contributed by atoms with E-state index in [1.54, 1.807) is 25.1 Å². The lowest BCUT2D eigenvalue weighted by atomic mass is 10.2. The molecule has 1 heterocycles. The molecule has 0 unspecified atom stereocenters. The molecular formula is C14H18O4S. The van der Waals surface area contributed by atoms with Gasteiger partial charge in [-0.3, -0.25) is 0 Å². The van der Waals surface area contributed by atoms with Crippen molar-refractivity contribution in [1.29, 1.82) is 0 Å². The van der Waals surface area contributed by atoms with Crippen LogP contribution in [0.2, 0.25) is 0 Å². The maximum Gasteiger partial charge on any atom is 0.348 e. The summed E-state index contributed by atoms with van der Waals surface area (Å²) in [5, 5.41) is 0. The number of rotatable bonds is 3. The molecule has 0 spiro atoms. The van der Waals surface area contributed by atoms with Gasteiger partial charge in [0, 0.05) is 10.5 Å². The molecule has 1 aromatic heterocycles. The lowest BCUT2D eigenvalue weighted by Gasteiger charge is -2.18. The zero-order valence-corrected chi connectivity index (χ0v) is 12.6. The van der Waals surface area contributed by atoms with E-state index >= 15 is 0 Å². The summed E-state index contributed by atoms with van der Waals surface area (Å²) in [7, 11) is 1.33. The molecular weight excluding hydrogens is 264 g/mol. The molecule has 0 saturated heterocycles. The Morgan fingerprint density at radius 1 is 1.26 bits per heavy atom. The molecule has 0 atom stereocenters. The summed E-state index contributed by atoms with van der Waals surface area (Å²) >= 11 is 1.28. The van der Waals surface area contributed by atoms with Gasteiger partial charge in [-0.15, -0.1) is 11.3 Å². The Hall–Kier alpha value is -1.62. The van der Waals surface area contributed by atoms with Crippen molar-refractivity contribution >= 4 is 29.4 Å². The maximum atomic E-state index is 11.8. The highest BCUT2D eigenvalue weighted by atomic mass is 32.1. The van der Waals surface area contributed by atoms with Gasteiger partial charge in [0.05, 0.1) is 7.11 Å². The summed E-state index contributed by atoms with van der Waals surface area (Å²) < 4.78 is 9.88. The van der Waals surface area contributed by atoms with E-state index in [0.717, 1.165) is 4.88 Å². The zero-order chi connectivity index (χ0) is 14.6. The van der Waals surface area contributed by atoms with Crippen molar-refractivity contribution < 1.29 is 19.1 Å². The molecule has 19 heavy (non-hydrogen) atoms. The van der Waals surface area contributed by atoms with Crippen LogP contribution in [0, 0.1) is 0 Å². The van der Waals surface area contributed by atoms with Crippen LogP contribution in [0.4, 0.5) is 0 Å². The van der Waals surface area contributed by atoms with Crippen LogP contribution in [0.1, 0.15) is 42.2 Å². The van der Waals surface area contributed by atoms with E-state index in [1.165, 1.54) is 18.4 Å². The van der Waals surface area contributed by atoms with Crippen LogP contribution in [0.3, 0.4) is 0 Å². The van der Waals surface area contributed by atoms with Gasteiger partial charge >= 0.3 is 11.9 Å². The van der Waals surface area contributed by atoms with Gasteiger partial charge in [0.15, 0.2) is 0 Å². The smallest absolute Gasteiger partial charge is 0.348 e. The summed E-state index contributed by atoms with van der Waals surface area (Å²) in [6, 6.07) is 3.46. The Morgan fingerprint density at radius 3 is 2.42 bits per heavy atom.